The number of rotatable bonds is 6. The van der Waals surface area contributed by atoms with Gasteiger partial charge in [-0.2, -0.15) is 0 Å². The summed E-state index contributed by atoms with van der Waals surface area (Å²) in [5.41, 5.74) is 2.00. The largest absolute Gasteiger partial charge is 0.467 e. The van der Waals surface area contributed by atoms with Crippen LogP contribution in [0.25, 0.3) is 0 Å². The lowest BCUT2D eigenvalue weighted by molar-refractivity contribution is -0.119. The minimum atomic E-state index is -0.200. The van der Waals surface area contributed by atoms with Crippen LogP contribution in [0.5, 0.6) is 0 Å². The van der Waals surface area contributed by atoms with E-state index in [1.165, 1.54) is 0 Å². The van der Waals surface area contributed by atoms with Crippen molar-refractivity contribution in [1.29, 1.82) is 0 Å². The number of nitrogens with zero attached hydrogens (tertiary/aromatic N) is 1. The van der Waals surface area contributed by atoms with Crippen molar-refractivity contribution in [1.82, 2.24) is 5.32 Å². The van der Waals surface area contributed by atoms with Gasteiger partial charge in [0.25, 0.3) is 0 Å². The molecule has 2 heterocycles. The molecule has 0 aliphatic carbocycles. The van der Waals surface area contributed by atoms with E-state index in [2.05, 4.69) is 15.5 Å². The summed E-state index contributed by atoms with van der Waals surface area (Å²) in [4.78, 5) is 14.2. The number of carbonyl (C=O) groups excluding carboxylic acids is 1. The first-order chi connectivity index (χ1) is 11.7. The zero-order valence-electron chi connectivity index (χ0n) is 13.6. The minimum Gasteiger partial charge on any atom is -0.467 e. The Labute approximate surface area is 141 Å². The second-order valence-corrected chi connectivity index (χ2v) is 5.95. The molecule has 1 aromatic heterocycles. The van der Waals surface area contributed by atoms with Gasteiger partial charge in [0.2, 0.25) is 5.91 Å². The average molecular weight is 329 g/mol. The third-order valence-corrected chi connectivity index (χ3v) is 4.19. The first-order valence-electron chi connectivity index (χ1n) is 8.27. The minimum absolute atomic E-state index is 0.0877. The molecule has 0 atom stereocenters. The summed E-state index contributed by atoms with van der Waals surface area (Å²) in [5, 5.41) is 15.7. The van der Waals surface area contributed by atoms with Gasteiger partial charge in [-0.3, -0.25) is 4.79 Å². The maximum absolute atomic E-state index is 12.0. The van der Waals surface area contributed by atoms with E-state index < -0.39 is 0 Å². The van der Waals surface area contributed by atoms with Crippen LogP contribution in [-0.2, 0) is 11.3 Å². The number of piperidine rings is 1. The molecule has 1 fully saturated rings. The first-order valence-corrected chi connectivity index (χ1v) is 8.27. The number of furan rings is 1. The lowest BCUT2D eigenvalue weighted by Gasteiger charge is -2.32. The normalized spacial score (nSPS) is 15.3. The van der Waals surface area contributed by atoms with E-state index in [1.54, 1.807) is 12.3 Å². The molecule has 6 heteroatoms. The van der Waals surface area contributed by atoms with Crippen LogP contribution in [0, 0.1) is 0 Å². The fourth-order valence-corrected chi connectivity index (χ4v) is 2.84. The van der Waals surface area contributed by atoms with Crippen molar-refractivity contribution < 1.29 is 14.3 Å². The second kappa shape index (κ2) is 7.88. The van der Waals surface area contributed by atoms with Gasteiger partial charge in [0, 0.05) is 13.1 Å². The fraction of sp³-hybridized carbons (Fsp3) is 0.389. The number of aliphatic hydroxyl groups excluding tert-OH is 1. The van der Waals surface area contributed by atoms with E-state index in [4.69, 9.17) is 4.42 Å². The van der Waals surface area contributed by atoms with Gasteiger partial charge >= 0.3 is 0 Å². The van der Waals surface area contributed by atoms with Crippen molar-refractivity contribution in [3.8, 4) is 0 Å². The number of amides is 1. The summed E-state index contributed by atoms with van der Waals surface area (Å²) in [6.07, 6.45) is 2.94. The van der Waals surface area contributed by atoms with E-state index >= 15 is 0 Å². The molecule has 6 nitrogen and oxygen atoms in total. The van der Waals surface area contributed by atoms with Gasteiger partial charge in [-0.05, 0) is 37.1 Å². The summed E-state index contributed by atoms with van der Waals surface area (Å²) < 4.78 is 5.19. The summed E-state index contributed by atoms with van der Waals surface area (Å²) in [6, 6.07) is 11.6. The van der Waals surface area contributed by atoms with Gasteiger partial charge in [-0.15, -0.1) is 0 Å². The molecule has 0 unspecified atom stereocenters. The van der Waals surface area contributed by atoms with Gasteiger partial charge in [0.1, 0.15) is 5.76 Å². The standard InChI is InChI=1S/C18H23N3O3/c22-14-7-9-21(10-8-14)17-6-2-1-5-16(17)19-13-18(23)20-12-15-4-3-11-24-15/h1-6,11,14,19,22H,7-10,12-13H2,(H,20,23). The van der Waals surface area contributed by atoms with Crippen molar-refractivity contribution in [2.24, 2.45) is 0 Å². The highest BCUT2D eigenvalue weighted by atomic mass is 16.3. The SMILES string of the molecule is O=C(CNc1ccccc1N1CCC(O)CC1)NCc1ccco1. The number of anilines is 2. The molecular formula is C18H23N3O3. The molecule has 0 saturated carbocycles. The predicted molar refractivity (Wildman–Crippen MR) is 92.9 cm³/mol. The molecular weight excluding hydrogens is 306 g/mol. The number of hydrogen-bond acceptors (Lipinski definition) is 5. The third kappa shape index (κ3) is 4.29. The Morgan fingerprint density at radius 3 is 2.75 bits per heavy atom. The van der Waals surface area contributed by atoms with Crippen LogP contribution >= 0.6 is 0 Å². The molecule has 128 valence electrons. The lowest BCUT2D eigenvalue weighted by atomic mass is 10.1. The Morgan fingerprint density at radius 2 is 2.00 bits per heavy atom. The first kappa shape index (κ1) is 16.4. The second-order valence-electron chi connectivity index (χ2n) is 5.95. The van der Waals surface area contributed by atoms with Crippen molar-refractivity contribution in [3.63, 3.8) is 0 Å². The quantitative estimate of drug-likeness (QED) is 0.755. The summed E-state index contributed by atoms with van der Waals surface area (Å²) in [5.74, 6) is 0.644. The van der Waals surface area contributed by atoms with Crippen LogP contribution in [-0.4, -0.2) is 36.8 Å². The number of aliphatic hydroxyl groups is 1. The monoisotopic (exact) mass is 329 g/mol. The molecule has 0 spiro atoms. The molecule has 2 aromatic rings. The van der Waals surface area contributed by atoms with Crippen LogP contribution in [0.1, 0.15) is 18.6 Å². The molecule has 0 radical (unpaired) electrons. The van der Waals surface area contributed by atoms with Gasteiger partial charge in [-0.1, -0.05) is 12.1 Å². The number of carbonyl (C=O) groups is 1. The number of para-hydroxylation sites is 2. The highest BCUT2D eigenvalue weighted by molar-refractivity contribution is 5.82. The molecule has 1 aromatic carbocycles. The molecule has 1 saturated heterocycles. The van der Waals surface area contributed by atoms with Gasteiger partial charge in [-0.25, -0.2) is 0 Å². The van der Waals surface area contributed by atoms with E-state index in [-0.39, 0.29) is 18.6 Å². The Morgan fingerprint density at radius 1 is 1.21 bits per heavy atom. The highest BCUT2D eigenvalue weighted by Crippen LogP contribution is 2.28. The van der Waals surface area contributed by atoms with Crippen LogP contribution < -0.4 is 15.5 Å². The van der Waals surface area contributed by atoms with E-state index in [0.717, 1.165) is 43.1 Å². The molecule has 0 bridgehead atoms. The van der Waals surface area contributed by atoms with Crippen LogP contribution in [0.3, 0.4) is 0 Å². The molecule has 3 rings (SSSR count). The van der Waals surface area contributed by atoms with Crippen molar-refractivity contribution in [2.75, 3.05) is 29.9 Å². The zero-order valence-corrected chi connectivity index (χ0v) is 13.6. The van der Waals surface area contributed by atoms with Gasteiger partial charge < -0.3 is 25.1 Å². The number of nitrogens with one attached hydrogen (secondary N) is 2. The predicted octanol–water partition coefficient (Wildman–Crippen LogP) is 1.97. The maximum Gasteiger partial charge on any atom is 0.239 e. The molecule has 1 amide bonds. The van der Waals surface area contributed by atoms with E-state index in [1.807, 2.05) is 30.3 Å². The molecule has 1 aliphatic heterocycles. The molecule has 24 heavy (non-hydrogen) atoms. The van der Waals surface area contributed by atoms with Crippen LogP contribution in [0.15, 0.2) is 47.1 Å². The van der Waals surface area contributed by atoms with Crippen LogP contribution in [0.4, 0.5) is 11.4 Å². The van der Waals surface area contributed by atoms with Gasteiger partial charge in [0.05, 0.1) is 36.8 Å². The molecule has 3 N–H and O–H groups in total. The Balaban J connectivity index is 1.54. The molecule has 1 aliphatic rings. The van der Waals surface area contributed by atoms with Crippen molar-refractivity contribution in [3.05, 3.63) is 48.4 Å². The van der Waals surface area contributed by atoms with Crippen LogP contribution in [0.2, 0.25) is 0 Å². The lowest BCUT2D eigenvalue weighted by Crippen LogP contribution is -2.36. The fourth-order valence-electron chi connectivity index (χ4n) is 2.84. The third-order valence-electron chi connectivity index (χ3n) is 4.19. The Hall–Kier alpha value is -2.47. The van der Waals surface area contributed by atoms with E-state index in [9.17, 15) is 9.90 Å². The summed E-state index contributed by atoms with van der Waals surface area (Å²) in [7, 11) is 0. The zero-order chi connectivity index (χ0) is 16.8. The highest BCUT2D eigenvalue weighted by Gasteiger charge is 2.19. The number of hydrogen-bond donors (Lipinski definition) is 3. The Bertz CT molecular complexity index is 649. The number of benzene rings is 1. The van der Waals surface area contributed by atoms with Crippen molar-refractivity contribution in [2.45, 2.75) is 25.5 Å². The van der Waals surface area contributed by atoms with Gasteiger partial charge in [0.15, 0.2) is 0 Å². The summed E-state index contributed by atoms with van der Waals surface area (Å²) >= 11 is 0. The summed E-state index contributed by atoms with van der Waals surface area (Å²) in [6.45, 7) is 2.24. The van der Waals surface area contributed by atoms with Crippen molar-refractivity contribution >= 4 is 17.3 Å². The average Bonchev–Trinajstić information content (AvgIpc) is 3.13. The Kier molecular flexibility index (Phi) is 5.38. The maximum atomic E-state index is 12.0. The topological polar surface area (TPSA) is 77.7 Å². The van der Waals surface area contributed by atoms with E-state index in [0.29, 0.717) is 6.54 Å². The smallest absolute Gasteiger partial charge is 0.239 e.